The first-order valence-corrected chi connectivity index (χ1v) is 13.0. The molecule has 0 aliphatic heterocycles. The molecule has 0 spiro atoms. The van der Waals surface area contributed by atoms with Crippen LogP contribution in [0.3, 0.4) is 0 Å². The Morgan fingerprint density at radius 1 is 1.12 bits per heavy atom. The molecule has 2 N–H and O–H groups in total. The van der Waals surface area contributed by atoms with Crippen LogP contribution in [0.4, 0.5) is 10.1 Å². The van der Waals surface area contributed by atoms with Gasteiger partial charge in [-0.05, 0) is 72.4 Å². The van der Waals surface area contributed by atoms with Crippen LogP contribution in [0, 0.1) is 5.82 Å². The van der Waals surface area contributed by atoms with Crippen LogP contribution in [0.1, 0.15) is 40.2 Å². The van der Waals surface area contributed by atoms with E-state index in [1.165, 1.54) is 24.3 Å². The molecule has 9 heteroatoms. The van der Waals surface area contributed by atoms with Gasteiger partial charge in [-0.15, -0.1) is 0 Å². The average Bonchev–Trinajstić information content (AvgIpc) is 3.53. The van der Waals surface area contributed by atoms with Crippen molar-refractivity contribution in [2.75, 3.05) is 4.72 Å². The highest BCUT2D eigenvalue weighted by Gasteiger charge is 2.31. The molecule has 5 rings (SSSR count). The number of hydrogen-bond acceptors (Lipinski definition) is 4. The SMILES string of the molecule is O=C(O)c1c(-c2ccc(F)cc2)oc2cc(NS(=O)(=O)Cc3cccc(Br)c3)c(C3CC3)cc12. The summed E-state index contributed by atoms with van der Waals surface area (Å²) in [5.41, 5.74) is 2.36. The van der Waals surface area contributed by atoms with Gasteiger partial charge in [-0.1, -0.05) is 28.1 Å². The molecule has 0 bridgehead atoms. The molecule has 1 heterocycles. The number of aromatic carboxylic acids is 1. The van der Waals surface area contributed by atoms with Gasteiger partial charge in [0, 0.05) is 21.5 Å². The Balaban J connectivity index is 1.59. The summed E-state index contributed by atoms with van der Waals surface area (Å²) in [6, 6.07) is 15.6. The fraction of sp³-hybridized carbons (Fsp3) is 0.160. The summed E-state index contributed by atoms with van der Waals surface area (Å²) in [5, 5.41) is 10.3. The first-order valence-electron chi connectivity index (χ1n) is 10.5. The van der Waals surface area contributed by atoms with E-state index >= 15 is 0 Å². The number of fused-ring (bicyclic) bond motifs is 1. The van der Waals surface area contributed by atoms with Gasteiger partial charge in [-0.3, -0.25) is 4.72 Å². The van der Waals surface area contributed by atoms with Gasteiger partial charge in [0.25, 0.3) is 0 Å². The zero-order valence-corrected chi connectivity index (χ0v) is 20.1. The van der Waals surface area contributed by atoms with Crippen LogP contribution in [0.15, 0.2) is 69.6 Å². The number of furan rings is 1. The Labute approximate surface area is 203 Å². The van der Waals surface area contributed by atoms with Crippen LogP contribution in [0.5, 0.6) is 0 Å². The van der Waals surface area contributed by atoms with E-state index in [0.29, 0.717) is 22.2 Å². The lowest BCUT2D eigenvalue weighted by Gasteiger charge is -2.13. The lowest BCUT2D eigenvalue weighted by atomic mass is 10.0. The van der Waals surface area contributed by atoms with Crippen molar-refractivity contribution in [1.82, 2.24) is 0 Å². The number of carbonyl (C=O) groups is 1. The minimum Gasteiger partial charge on any atom is -0.478 e. The number of anilines is 1. The van der Waals surface area contributed by atoms with Gasteiger partial charge in [0.1, 0.15) is 22.7 Å². The summed E-state index contributed by atoms with van der Waals surface area (Å²) in [5.74, 6) is -1.61. The van der Waals surface area contributed by atoms with Crippen molar-refractivity contribution in [1.29, 1.82) is 0 Å². The van der Waals surface area contributed by atoms with Gasteiger partial charge >= 0.3 is 5.97 Å². The average molecular weight is 544 g/mol. The smallest absolute Gasteiger partial charge is 0.340 e. The fourth-order valence-corrected chi connectivity index (χ4v) is 5.70. The Hall–Kier alpha value is -3.17. The van der Waals surface area contributed by atoms with E-state index in [9.17, 15) is 22.7 Å². The van der Waals surface area contributed by atoms with Crippen molar-refractivity contribution in [3.8, 4) is 11.3 Å². The molecule has 0 atom stereocenters. The topological polar surface area (TPSA) is 96.6 Å². The van der Waals surface area contributed by atoms with Crippen molar-refractivity contribution >= 4 is 48.6 Å². The maximum Gasteiger partial charge on any atom is 0.340 e. The zero-order valence-electron chi connectivity index (χ0n) is 17.7. The predicted molar refractivity (Wildman–Crippen MR) is 131 cm³/mol. The van der Waals surface area contributed by atoms with Crippen LogP contribution in [0.25, 0.3) is 22.3 Å². The molecule has 1 aliphatic rings. The molecule has 0 radical (unpaired) electrons. The van der Waals surface area contributed by atoms with Crippen molar-refractivity contribution in [3.05, 3.63) is 87.6 Å². The molecule has 1 fully saturated rings. The van der Waals surface area contributed by atoms with E-state index in [-0.39, 0.29) is 28.6 Å². The highest BCUT2D eigenvalue weighted by Crippen LogP contribution is 2.47. The number of nitrogens with one attached hydrogen (secondary N) is 1. The third-order valence-corrected chi connectivity index (χ3v) is 7.45. The second-order valence-corrected chi connectivity index (χ2v) is 11.0. The molecule has 0 saturated heterocycles. The summed E-state index contributed by atoms with van der Waals surface area (Å²) < 4.78 is 48.6. The van der Waals surface area contributed by atoms with Gasteiger partial charge < -0.3 is 9.52 Å². The summed E-state index contributed by atoms with van der Waals surface area (Å²) in [4.78, 5) is 12.1. The van der Waals surface area contributed by atoms with Crippen LogP contribution >= 0.6 is 15.9 Å². The molecule has 3 aromatic carbocycles. The molecule has 1 saturated carbocycles. The molecule has 1 aliphatic carbocycles. The number of carboxylic acid groups (broad SMARTS) is 1. The maximum atomic E-state index is 13.4. The van der Waals surface area contributed by atoms with E-state index in [2.05, 4.69) is 20.7 Å². The van der Waals surface area contributed by atoms with Crippen LogP contribution in [0.2, 0.25) is 0 Å². The second kappa shape index (κ2) is 8.56. The first kappa shape index (κ1) is 22.6. The highest BCUT2D eigenvalue weighted by atomic mass is 79.9. The lowest BCUT2D eigenvalue weighted by molar-refractivity contribution is 0.0699. The molecule has 34 heavy (non-hydrogen) atoms. The van der Waals surface area contributed by atoms with Crippen LogP contribution in [-0.4, -0.2) is 19.5 Å². The Morgan fingerprint density at radius 3 is 2.50 bits per heavy atom. The minimum absolute atomic E-state index is 0.0351. The summed E-state index contributed by atoms with van der Waals surface area (Å²) >= 11 is 3.35. The summed E-state index contributed by atoms with van der Waals surface area (Å²) in [6.45, 7) is 0. The lowest BCUT2D eigenvalue weighted by Crippen LogP contribution is -2.16. The van der Waals surface area contributed by atoms with Gasteiger partial charge in [-0.2, -0.15) is 0 Å². The van der Waals surface area contributed by atoms with E-state index in [0.717, 1.165) is 22.9 Å². The number of rotatable bonds is 7. The molecular formula is C25H19BrFNO5S. The Kier molecular flexibility index (Phi) is 5.69. The zero-order chi connectivity index (χ0) is 24.0. The number of hydrogen-bond donors (Lipinski definition) is 2. The fourth-order valence-electron chi connectivity index (χ4n) is 4.05. The van der Waals surface area contributed by atoms with E-state index < -0.39 is 21.8 Å². The minimum atomic E-state index is -3.75. The van der Waals surface area contributed by atoms with Gasteiger partial charge in [0.05, 0.1) is 11.4 Å². The normalized spacial score (nSPS) is 13.8. The van der Waals surface area contributed by atoms with Crippen molar-refractivity contribution in [3.63, 3.8) is 0 Å². The molecule has 0 amide bonds. The quantitative estimate of drug-likeness (QED) is 0.276. The van der Waals surface area contributed by atoms with Gasteiger partial charge in [0.15, 0.2) is 0 Å². The number of benzene rings is 3. The van der Waals surface area contributed by atoms with Crippen LogP contribution in [-0.2, 0) is 15.8 Å². The van der Waals surface area contributed by atoms with Crippen molar-refractivity contribution in [2.24, 2.45) is 0 Å². The Morgan fingerprint density at radius 2 is 1.85 bits per heavy atom. The van der Waals surface area contributed by atoms with Crippen molar-refractivity contribution in [2.45, 2.75) is 24.5 Å². The maximum absolute atomic E-state index is 13.4. The first-order chi connectivity index (χ1) is 16.2. The molecular weight excluding hydrogens is 525 g/mol. The second-order valence-electron chi connectivity index (χ2n) is 8.32. The third kappa shape index (κ3) is 4.58. The van der Waals surface area contributed by atoms with E-state index in [1.807, 2.05) is 6.07 Å². The summed E-state index contributed by atoms with van der Waals surface area (Å²) in [7, 11) is -3.75. The molecule has 0 unspecified atom stereocenters. The third-order valence-electron chi connectivity index (χ3n) is 5.71. The molecule has 174 valence electrons. The Bertz CT molecular complexity index is 1530. The highest BCUT2D eigenvalue weighted by molar-refractivity contribution is 9.10. The van der Waals surface area contributed by atoms with E-state index in [4.69, 9.17) is 4.42 Å². The standard InChI is InChI=1S/C25H19BrFNO5S/c26-17-3-1-2-14(10-17)13-34(31,32)28-21-12-22-20(11-19(21)15-4-5-15)23(25(29)30)24(33-22)16-6-8-18(27)9-7-16/h1-3,6-12,15,28H,4-5,13H2,(H,29,30). The molecule has 6 nitrogen and oxygen atoms in total. The largest absolute Gasteiger partial charge is 0.478 e. The monoisotopic (exact) mass is 543 g/mol. The summed E-state index contributed by atoms with van der Waals surface area (Å²) in [6.07, 6.45) is 1.77. The predicted octanol–water partition coefficient (Wildman–Crippen LogP) is 6.52. The number of sulfonamides is 1. The van der Waals surface area contributed by atoms with E-state index in [1.54, 1.807) is 30.3 Å². The van der Waals surface area contributed by atoms with Crippen molar-refractivity contribution < 1.29 is 27.1 Å². The molecule has 1 aromatic heterocycles. The van der Waals surface area contributed by atoms with Gasteiger partial charge in [0.2, 0.25) is 10.0 Å². The number of halogens is 2. The molecule has 4 aromatic rings. The van der Waals surface area contributed by atoms with Crippen LogP contribution < -0.4 is 4.72 Å². The number of carboxylic acids is 1. The van der Waals surface area contributed by atoms with Gasteiger partial charge in [-0.25, -0.2) is 17.6 Å².